The number of hydrogen-bond acceptors (Lipinski definition) is 3. The first-order valence-corrected chi connectivity index (χ1v) is 8.83. The van der Waals surface area contributed by atoms with Crippen LogP contribution in [0.5, 0.6) is 0 Å². The van der Waals surface area contributed by atoms with Crippen LogP contribution in [0.4, 0.5) is 0 Å². The highest BCUT2D eigenvalue weighted by atomic mass is 16.5. The lowest BCUT2D eigenvalue weighted by molar-refractivity contribution is 0.0215. The molecule has 134 valence electrons. The van der Waals surface area contributed by atoms with E-state index in [0.29, 0.717) is 5.90 Å². The first kappa shape index (κ1) is 19.0. The minimum absolute atomic E-state index is 0.0520. The van der Waals surface area contributed by atoms with Crippen molar-refractivity contribution in [2.75, 3.05) is 0 Å². The van der Waals surface area contributed by atoms with E-state index < -0.39 is 5.60 Å². The van der Waals surface area contributed by atoms with Gasteiger partial charge in [-0.25, -0.2) is 4.99 Å². The Morgan fingerprint density at radius 3 is 1.67 bits per heavy atom. The molecule has 2 atom stereocenters. The lowest BCUT2D eigenvalue weighted by Gasteiger charge is -2.26. The summed E-state index contributed by atoms with van der Waals surface area (Å²) in [5.74, 6) is 0.645. The normalized spacial score (nSPS) is 22.3. The molecule has 3 heteroatoms. The molecule has 1 aromatic rings. The Bertz CT molecular complexity index is 607. The summed E-state index contributed by atoms with van der Waals surface area (Å²) in [4.78, 5) is 4.70. The van der Waals surface area contributed by atoms with Gasteiger partial charge in [-0.1, -0.05) is 47.6 Å². The fraction of sp³-hybridized carbons (Fsp3) is 0.667. The first-order chi connectivity index (χ1) is 10.7. The van der Waals surface area contributed by atoms with Gasteiger partial charge in [-0.05, 0) is 54.9 Å². The van der Waals surface area contributed by atoms with Crippen LogP contribution in [0, 0.1) is 0 Å². The Hall–Kier alpha value is -1.35. The lowest BCUT2D eigenvalue weighted by atomic mass is 9.79. The highest BCUT2D eigenvalue weighted by Crippen LogP contribution is 2.33. The molecular formula is C21H33NO2. The Balaban J connectivity index is 2.55. The average molecular weight is 332 g/mol. The number of aliphatic hydroxyl groups is 1. The summed E-state index contributed by atoms with van der Waals surface area (Å²) in [7, 11) is 0. The van der Waals surface area contributed by atoms with E-state index in [2.05, 4.69) is 59.7 Å². The molecule has 1 N–H and O–H groups in total. The fourth-order valence-electron chi connectivity index (χ4n) is 2.99. The number of nitrogens with zero attached hydrogens (tertiary/aromatic N) is 1. The zero-order chi connectivity index (χ0) is 18.5. The summed E-state index contributed by atoms with van der Waals surface area (Å²) in [5.41, 5.74) is 2.76. The Kier molecular flexibility index (Phi) is 4.64. The number of ether oxygens (including phenoxy) is 1. The van der Waals surface area contributed by atoms with E-state index in [9.17, 15) is 5.11 Å². The van der Waals surface area contributed by atoms with Crippen molar-refractivity contribution in [3.63, 3.8) is 0 Å². The first-order valence-electron chi connectivity index (χ1n) is 8.83. The van der Waals surface area contributed by atoms with E-state index in [4.69, 9.17) is 9.73 Å². The smallest absolute Gasteiger partial charge is 0.216 e. The van der Waals surface area contributed by atoms with E-state index in [-0.39, 0.29) is 23.0 Å². The molecule has 1 heterocycles. The predicted octanol–water partition coefficient (Wildman–Crippen LogP) is 4.59. The Morgan fingerprint density at radius 1 is 0.875 bits per heavy atom. The third-order valence-corrected chi connectivity index (χ3v) is 4.63. The molecule has 0 unspecified atom stereocenters. The van der Waals surface area contributed by atoms with Crippen molar-refractivity contribution in [3.8, 4) is 0 Å². The number of rotatable bonds is 2. The predicted molar refractivity (Wildman–Crippen MR) is 101 cm³/mol. The van der Waals surface area contributed by atoms with Gasteiger partial charge in [0.25, 0.3) is 0 Å². The van der Waals surface area contributed by atoms with Gasteiger partial charge in [0.2, 0.25) is 5.90 Å². The van der Waals surface area contributed by atoms with E-state index in [0.717, 1.165) is 5.56 Å². The van der Waals surface area contributed by atoms with Crippen molar-refractivity contribution in [2.45, 2.75) is 90.9 Å². The topological polar surface area (TPSA) is 41.8 Å². The molecular weight excluding hydrogens is 298 g/mol. The van der Waals surface area contributed by atoms with Crippen LogP contribution in [0.1, 0.15) is 79.0 Å². The van der Waals surface area contributed by atoms with Crippen molar-refractivity contribution in [1.29, 1.82) is 0 Å². The second-order valence-electron chi connectivity index (χ2n) is 9.65. The number of hydrogen-bond donors (Lipinski definition) is 1. The van der Waals surface area contributed by atoms with Gasteiger partial charge >= 0.3 is 0 Å². The third-order valence-electron chi connectivity index (χ3n) is 4.63. The zero-order valence-corrected chi connectivity index (χ0v) is 16.7. The maximum absolute atomic E-state index is 10.3. The molecule has 0 bridgehead atoms. The summed E-state index contributed by atoms with van der Waals surface area (Å²) in [6.45, 7) is 18.9. The van der Waals surface area contributed by atoms with Crippen molar-refractivity contribution < 1.29 is 9.84 Å². The molecule has 0 saturated carbocycles. The molecule has 1 aromatic carbocycles. The molecule has 2 rings (SSSR count). The standard InChI is InChI=1S/C21H33NO2/c1-13-17(21(8,9)23)22-18(24-13)14-10-15(19(2,3)4)12-16(11-14)20(5,6)7/h10-13,17,23H,1-9H3/t13-,17-/m0/s1. The number of benzene rings is 1. The van der Waals surface area contributed by atoms with Gasteiger partial charge in [-0.15, -0.1) is 0 Å². The molecule has 0 saturated heterocycles. The number of aliphatic imine (C=N–C) groups is 1. The van der Waals surface area contributed by atoms with Crippen LogP contribution >= 0.6 is 0 Å². The summed E-state index contributed by atoms with van der Waals surface area (Å²) in [5, 5.41) is 10.3. The summed E-state index contributed by atoms with van der Waals surface area (Å²) < 4.78 is 6.01. The molecule has 3 nitrogen and oxygen atoms in total. The summed E-state index contributed by atoms with van der Waals surface area (Å²) in [6, 6.07) is 6.39. The molecule has 1 aliphatic rings. The quantitative estimate of drug-likeness (QED) is 0.861. The monoisotopic (exact) mass is 331 g/mol. The maximum atomic E-state index is 10.3. The highest BCUT2D eigenvalue weighted by molar-refractivity contribution is 5.96. The van der Waals surface area contributed by atoms with Crippen molar-refractivity contribution in [1.82, 2.24) is 0 Å². The van der Waals surface area contributed by atoms with Crippen LogP contribution in [0.25, 0.3) is 0 Å². The molecule has 0 fully saturated rings. The molecule has 24 heavy (non-hydrogen) atoms. The van der Waals surface area contributed by atoms with E-state index in [1.54, 1.807) is 13.8 Å². The van der Waals surface area contributed by atoms with E-state index in [1.165, 1.54) is 11.1 Å². The maximum Gasteiger partial charge on any atom is 0.216 e. The minimum atomic E-state index is -0.893. The van der Waals surface area contributed by atoms with Crippen LogP contribution in [-0.2, 0) is 15.6 Å². The Morgan fingerprint density at radius 2 is 1.33 bits per heavy atom. The molecule has 0 radical (unpaired) electrons. The molecule has 1 aliphatic heterocycles. The lowest BCUT2D eigenvalue weighted by Crippen LogP contribution is -2.40. The molecule has 0 aromatic heterocycles. The second kappa shape index (κ2) is 5.87. The van der Waals surface area contributed by atoms with Gasteiger partial charge in [0.05, 0.1) is 5.60 Å². The average Bonchev–Trinajstić information content (AvgIpc) is 2.78. The van der Waals surface area contributed by atoms with Crippen LogP contribution in [0.15, 0.2) is 23.2 Å². The van der Waals surface area contributed by atoms with Gasteiger partial charge in [0.1, 0.15) is 12.1 Å². The van der Waals surface area contributed by atoms with Crippen molar-refractivity contribution >= 4 is 5.90 Å². The van der Waals surface area contributed by atoms with E-state index >= 15 is 0 Å². The SMILES string of the molecule is C[C@@H]1OC(c2cc(C(C)(C)C)cc(C(C)(C)C)c2)=N[C@@H]1C(C)(C)O. The van der Waals surface area contributed by atoms with Gasteiger partial charge in [-0.2, -0.15) is 0 Å². The molecule has 0 amide bonds. The second-order valence-corrected chi connectivity index (χ2v) is 9.65. The molecule has 0 spiro atoms. The van der Waals surface area contributed by atoms with Crippen LogP contribution in [-0.4, -0.2) is 28.8 Å². The largest absolute Gasteiger partial charge is 0.472 e. The Labute approximate surface area is 147 Å². The van der Waals surface area contributed by atoms with Gasteiger partial charge in [-0.3, -0.25) is 0 Å². The van der Waals surface area contributed by atoms with E-state index in [1.807, 2.05) is 6.92 Å². The van der Waals surface area contributed by atoms with Crippen LogP contribution in [0.2, 0.25) is 0 Å². The van der Waals surface area contributed by atoms with Crippen molar-refractivity contribution in [2.24, 2.45) is 4.99 Å². The highest BCUT2D eigenvalue weighted by Gasteiger charge is 2.38. The van der Waals surface area contributed by atoms with Crippen molar-refractivity contribution in [3.05, 3.63) is 34.9 Å². The fourth-order valence-corrected chi connectivity index (χ4v) is 2.99. The summed E-state index contributed by atoms with van der Waals surface area (Å²) in [6.07, 6.45) is -0.128. The van der Waals surface area contributed by atoms with Crippen LogP contribution in [0.3, 0.4) is 0 Å². The summed E-state index contributed by atoms with van der Waals surface area (Å²) >= 11 is 0. The molecule has 0 aliphatic carbocycles. The third kappa shape index (κ3) is 4.00. The zero-order valence-electron chi connectivity index (χ0n) is 16.7. The van der Waals surface area contributed by atoms with Gasteiger partial charge < -0.3 is 9.84 Å². The minimum Gasteiger partial charge on any atom is -0.472 e. The van der Waals surface area contributed by atoms with Gasteiger partial charge in [0, 0.05) is 5.56 Å². The van der Waals surface area contributed by atoms with Gasteiger partial charge in [0.15, 0.2) is 0 Å². The van der Waals surface area contributed by atoms with Crippen LogP contribution < -0.4 is 0 Å².